The molecule has 1 heterocycles. The van der Waals surface area contributed by atoms with Crippen LogP contribution in [0.25, 0.3) is 0 Å². The first-order chi connectivity index (χ1) is 8.86. The summed E-state index contributed by atoms with van der Waals surface area (Å²) in [5, 5.41) is 0. The predicted octanol–water partition coefficient (Wildman–Crippen LogP) is 0.384. The molecule has 6 nitrogen and oxygen atoms in total. The number of hydrogen-bond donors (Lipinski definition) is 2. The third-order valence-corrected chi connectivity index (χ3v) is 4.62. The summed E-state index contributed by atoms with van der Waals surface area (Å²) in [6.45, 7) is 5.15. The van der Waals surface area contributed by atoms with Gasteiger partial charge in [-0.15, -0.1) is 0 Å². The molecule has 0 fully saturated rings. The molecule has 1 aromatic heterocycles. The first-order valence-electron chi connectivity index (χ1n) is 6.25. The molecule has 0 aliphatic rings. The molecule has 7 heteroatoms. The van der Waals surface area contributed by atoms with E-state index < -0.39 is 10.0 Å². The lowest BCUT2D eigenvalue weighted by atomic mass is 10.2. The van der Waals surface area contributed by atoms with Gasteiger partial charge in [0.15, 0.2) is 0 Å². The number of aromatic nitrogens is 1. The minimum absolute atomic E-state index is 0.0679. The summed E-state index contributed by atoms with van der Waals surface area (Å²) in [5.74, 6) is 0. The zero-order valence-electron chi connectivity index (χ0n) is 11.5. The molecule has 1 atom stereocenters. The summed E-state index contributed by atoms with van der Waals surface area (Å²) < 4.78 is 26.3. The zero-order chi connectivity index (χ0) is 14.5. The van der Waals surface area contributed by atoms with E-state index in [1.165, 1.54) is 18.3 Å². The van der Waals surface area contributed by atoms with Gasteiger partial charge >= 0.3 is 0 Å². The second kappa shape index (κ2) is 6.83. The monoisotopic (exact) mass is 287 g/mol. The maximum atomic E-state index is 11.9. The first kappa shape index (κ1) is 15.9. The number of sulfonamides is 1. The summed E-state index contributed by atoms with van der Waals surface area (Å²) in [5.41, 5.74) is -0.324. The molecular formula is C12H21N3O3S. The van der Waals surface area contributed by atoms with Crippen molar-refractivity contribution in [3.05, 3.63) is 28.7 Å². The van der Waals surface area contributed by atoms with Gasteiger partial charge < -0.3 is 9.88 Å². The second-order valence-corrected chi connectivity index (χ2v) is 6.29. The van der Waals surface area contributed by atoms with Crippen molar-refractivity contribution in [2.75, 3.05) is 20.1 Å². The highest BCUT2D eigenvalue weighted by molar-refractivity contribution is 7.89. The second-order valence-electron chi connectivity index (χ2n) is 4.52. The third-order valence-electron chi connectivity index (χ3n) is 3.17. The Bertz CT molecular complexity index is 533. The highest BCUT2D eigenvalue weighted by atomic mass is 32.2. The van der Waals surface area contributed by atoms with E-state index in [1.807, 2.05) is 7.05 Å². The van der Waals surface area contributed by atoms with E-state index in [2.05, 4.69) is 28.5 Å². The number of aromatic amines is 1. The Morgan fingerprint density at radius 2 is 2.11 bits per heavy atom. The van der Waals surface area contributed by atoms with Crippen molar-refractivity contribution in [3.8, 4) is 0 Å². The molecule has 108 valence electrons. The van der Waals surface area contributed by atoms with Gasteiger partial charge in [-0.05, 0) is 26.5 Å². The van der Waals surface area contributed by atoms with Crippen LogP contribution in [0.4, 0.5) is 0 Å². The zero-order valence-corrected chi connectivity index (χ0v) is 12.3. The van der Waals surface area contributed by atoms with Gasteiger partial charge in [-0.3, -0.25) is 4.79 Å². The van der Waals surface area contributed by atoms with Crippen molar-refractivity contribution in [2.45, 2.75) is 31.2 Å². The molecule has 0 saturated carbocycles. The SMILES string of the molecule is CCC(C)N(C)CCNS(=O)(=O)c1ccc(=O)[nH]c1. The average molecular weight is 287 g/mol. The normalized spacial score (nSPS) is 13.7. The van der Waals surface area contributed by atoms with E-state index in [0.717, 1.165) is 6.42 Å². The minimum atomic E-state index is -3.55. The van der Waals surface area contributed by atoms with Gasteiger partial charge in [-0.1, -0.05) is 6.92 Å². The minimum Gasteiger partial charge on any atom is -0.328 e. The Morgan fingerprint density at radius 1 is 1.42 bits per heavy atom. The highest BCUT2D eigenvalue weighted by Crippen LogP contribution is 2.04. The number of nitrogens with one attached hydrogen (secondary N) is 2. The standard InChI is InChI=1S/C12H21N3O3S/c1-4-10(2)15(3)8-7-14-19(17,18)11-5-6-12(16)13-9-11/h5-6,9-10,14H,4,7-8H2,1-3H3,(H,13,16). The predicted molar refractivity (Wildman–Crippen MR) is 74.6 cm³/mol. The fourth-order valence-electron chi connectivity index (χ4n) is 1.54. The van der Waals surface area contributed by atoms with E-state index in [-0.39, 0.29) is 10.5 Å². The quantitative estimate of drug-likeness (QED) is 0.760. The van der Waals surface area contributed by atoms with Crippen LogP contribution in [0.1, 0.15) is 20.3 Å². The van der Waals surface area contributed by atoms with Crippen molar-refractivity contribution < 1.29 is 8.42 Å². The smallest absolute Gasteiger partial charge is 0.247 e. The summed E-state index contributed by atoms with van der Waals surface area (Å²) >= 11 is 0. The van der Waals surface area contributed by atoms with Crippen LogP contribution >= 0.6 is 0 Å². The Hall–Kier alpha value is -1.18. The molecule has 0 aliphatic carbocycles. The fourth-order valence-corrected chi connectivity index (χ4v) is 2.52. The molecule has 0 aliphatic heterocycles. The topological polar surface area (TPSA) is 82.3 Å². The van der Waals surface area contributed by atoms with Crippen molar-refractivity contribution in [1.29, 1.82) is 0 Å². The van der Waals surface area contributed by atoms with E-state index in [1.54, 1.807) is 0 Å². The van der Waals surface area contributed by atoms with Crippen LogP contribution in [0.5, 0.6) is 0 Å². The van der Waals surface area contributed by atoms with Crippen LogP contribution in [-0.2, 0) is 10.0 Å². The van der Waals surface area contributed by atoms with Gasteiger partial charge in [-0.25, -0.2) is 13.1 Å². The number of rotatable bonds is 7. The maximum absolute atomic E-state index is 11.9. The molecule has 0 bridgehead atoms. The molecule has 0 radical (unpaired) electrons. The first-order valence-corrected chi connectivity index (χ1v) is 7.73. The van der Waals surface area contributed by atoms with Crippen LogP contribution < -0.4 is 10.3 Å². The van der Waals surface area contributed by atoms with Crippen molar-refractivity contribution in [1.82, 2.24) is 14.6 Å². The Morgan fingerprint density at radius 3 is 2.63 bits per heavy atom. The molecular weight excluding hydrogens is 266 g/mol. The van der Waals surface area contributed by atoms with Crippen LogP contribution in [0.3, 0.4) is 0 Å². The van der Waals surface area contributed by atoms with Gasteiger partial charge in [0, 0.05) is 31.4 Å². The highest BCUT2D eigenvalue weighted by Gasteiger charge is 2.14. The van der Waals surface area contributed by atoms with Gasteiger partial charge in [0.2, 0.25) is 15.6 Å². The Labute approximate surface area is 113 Å². The maximum Gasteiger partial charge on any atom is 0.247 e. The number of nitrogens with zero attached hydrogens (tertiary/aromatic N) is 1. The molecule has 1 aromatic rings. The molecule has 19 heavy (non-hydrogen) atoms. The largest absolute Gasteiger partial charge is 0.328 e. The molecule has 0 spiro atoms. The molecule has 2 N–H and O–H groups in total. The third kappa shape index (κ3) is 4.77. The lowest BCUT2D eigenvalue weighted by Gasteiger charge is -2.23. The van der Waals surface area contributed by atoms with Gasteiger partial charge in [0.1, 0.15) is 0 Å². The average Bonchev–Trinajstić information content (AvgIpc) is 2.37. The molecule has 0 aromatic carbocycles. The Kier molecular flexibility index (Phi) is 5.71. The number of pyridine rings is 1. The summed E-state index contributed by atoms with van der Waals surface area (Å²) in [4.78, 5) is 15.4. The summed E-state index contributed by atoms with van der Waals surface area (Å²) in [6.07, 6.45) is 2.21. The van der Waals surface area contributed by atoms with Crippen LogP contribution in [0.2, 0.25) is 0 Å². The fraction of sp³-hybridized carbons (Fsp3) is 0.583. The summed E-state index contributed by atoms with van der Waals surface area (Å²) in [7, 11) is -1.59. The van der Waals surface area contributed by atoms with E-state index in [0.29, 0.717) is 19.1 Å². The van der Waals surface area contributed by atoms with Crippen LogP contribution in [-0.4, -0.2) is 44.5 Å². The van der Waals surface area contributed by atoms with E-state index >= 15 is 0 Å². The molecule has 1 rings (SSSR count). The van der Waals surface area contributed by atoms with Crippen molar-refractivity contribution in [3.63, 3.8) is 0 Å². The number of H-pyrrole nitrogens is 1. The molecule has 0 saturated heterocycles. The van der Waals surface area contributed by atoms with Crippen molar-refractivity contribution in [2.24, 2.45) is 0 Å². The van der Waals surface area contributed by atoms with Crippen molar-refractivity contribution >= 4 is 10.0 Å². The number of likely N-dealkylation sites (N-methyl/N-ethyl adjacent to an activating group) is 1. The lowest BCUT2D eigenvalue weighted by Crippen LogP contribution is -2.37. The molecule has 0 amide bonds. The Balaban J connectivity index is 2.57. The van der Waals surface area contributed by atoms with E-state index in [4.69, 9.17) is 0 Å². The lowest BCUT2D eigenvalue weighted by molar-refractivity contribution is 0.256. The molecule has 1 unspecified atom stereocenters. The van der Waals surface area contributed by atoms with Crippen LogP contribution in [0, 0.1) is 0 Å². The van der Waals surface area contributed by atoms with Crippen LogP contribution in [0.15, 0.2) is 28.0 Å². The van der Waals surface area contributed by atoms with E-state index in [9.17, 15) is 13.2 Å². The van der Waals surface area contributed by atoms with Gasteiger partial charge in [0.05, 0.1) is 4.90 Å². The van der Waals surface area contributed by atoms with Gasteiger partial charge in [-0.2, -0.15) is 0 Å². The summed E-state index contributed by atoms with van der Waals surface area (Å²) in [6, 6.07) is 2.90. The number of hydrogen-bond acceptors (Lipinski definition) is 4. The van der Waals surface area contributed by atoms with Gasteiger partial charge in [0.25, 0.3) is 0 Å².